The minimum Gasteiger partial charge on any atom is -0.271 e. The lowest BCUT2D eigenvalue weighted by molar-refractivity contribution is 0.621. The molecule has 0 aliphatic heterocycles. The Morgan fingerprint density at radius 3 is 3.07 bits per heavy atom. The van der Waals surface area contributed by atoms with Crippen molar-refractivity contribution in [2.75, 3.05) is 5.75 Å². The second kappa shape index (κ2) is 6.52. The summed E-state index contributed by atoms with van der Waals surface area (Å²) in [7, 11) is 0. The number of aromatic nitrogens is 2. The third-order valence-corrected chi connectivity index (χ3v) is 3.26. The predicted molar refractivity (Wildman–Crippen MR) is 63.6 cm³/mol. The molecule has 0 fully saturated rings. The quantitative estimate of drug-likeness (QED) is 0.696. The Morgan fingerprint density at radius 1 is 1.60 bits per heavy atom. The van der Waals surface area contributed by atoms with Crippen molar-refractivity contribution in [3.8, 4) is 6.07 Å². The molecule has 0 unspecified atom stereocenters. The number of thioether (sulfide) groups is 1. The minimum atomic E-state index is 0.530. The lowest BCUT2D eigenvalue weighted by Crippen LogP contribution is -1.98. The fraction of sp³-hybridized carbons (Fsp3) is 0.636. The van der Waals surface area contributed by atoms with Gasteiger partial charge in [0, 0.05) is 11.9 Å². The first kappa shape index (κ1) is 12.1. The van der Waals surface area contributed by atoms with E-state index in [1.54, 1.807) is 0 Å². The first-order chi connectivity index (χ1) is 7.27. The molecule has 0 bridgehead atoms. The first-order valence-electron chi connectivity index (χ1n) is 5.25. The Bertz CT molecular complexity index is 338. The van der Waals surface area contributed by atoms with Crippen molar-refractivity contribution in [1.82, 2.24) is 9.78 Å². The predicted octanol–water partition coefficient (Wildman–Crippen LogP) is 2.75. The van der Waals surface area contributed by atoms with Crippen molar-refractivity contribution in [2.45, 2.75) is 39.0 Å². The van der Waals surface area contributed by atoms with E-state index in [1.165, 1.54) is 17.7 Å². The van der Waals surface area contributed by atoms with Gasteiger partial charge in [0.05, 0.1) is 24.7 Å². The summed E-state index contributed by atoms with van der Waals surface area (Å²) in [6.07, 6.45) is 3.76. The summed E-state index contributed by atoms with van der Waals surface area (Å²) in [5.41, 5.74) is 2.39. The van der Waals surface area contributed by atoms with Crippen LogP contribution in [0.2, 0.25) is 0 Å². The highest BCUT2D eigenvalue weighted by molar-refractivity contribution is 7.98. The van der Waals surface area contributed by atoms with Crippen LogP contribution in [-0.2, 0) is 12.3 Å². The Hall–Kier alpha value is -0.950. The normalized spacial score (nSPS) is 10.2. The average molecular weight is 223 g/mol. The van der Waals surface area contributed by atoms with Crippen LogP contribution in [0, 0.1) is 18.3 Å². The van der Waals surface area contributed by atoms with Crippen LogP contribution in [-0.4, -0.2) is 15.5 Å². The zero-order valence-corrected chi connectivity index (χ0v) is 10.2. The second-order valence-corrected chi connectivity index (χ2v) is 4.59. The number of rotatable bonds is 6. The van der Waals surface area contributed by atoms with Crippen LogP contribution in [0.3, 0.4) is 0 Å². The van der Waals surface area contributed by atoms with Crippen molar-refractivity contribution in [1.29, 1.82) is 5.26 Å². The summed E-state index contributed by atoms with van der Waals surface area (Å²) in [4.78, 5) is 0. The first-order valence-corrected chi connectivity index (χ1v) is 6.41. The molecule has 1 heterocycles. The molecule has 0 radical (unpaired) electrons. The number of aryl methyl sites for hydroxylation is 2. The van der Waals surface area contributed by atoms with Crippen LogP contribution < -0.4 is 0 Å². The standard InChI is InChI=1S/C11H17N3S/c1-3-7-15-9-11-10(2)8-14(13-11)6-4-5-12/h8H,3-4,6-7,9H2,1-2H3. The summed E-state index contributed by atoms with van der Waals surface area (Å²) in [5, 5.41) is 12.9. The maximum Gasteiger partial charge on any atom is 0.0752 e. The number of hydrogen-bond acceptors (Lipinski definition) is 3. The molecule has 1 aromatic heterocycles. The van der Waals surface area contributed by atoms with E-state index in [9.17, 15) is 0 Å². The van der Waals surface area contributed by atoms with Crippen LogP contribution >= 0.6 is 11.8 Å². The van der Waals surface area contributed by atoms with Crippen molar-refractivity contribution >= 4 is 11.8 Å². The molecule has 1 aromatic rings. The molecule has 0 N–H and O–H groups in total. The molecule has 0 saturated carbocycles. The maximum absolute atomic E-state index is 8.48. The smallest absolute Gasteiger partial charge is 0.0752 e. The molecule has 0 amide bonds. The SMILES string of the molecule is CCCSCc1nn(CCC#N)cc1C. The van der Waals surface area contributed by atoms with E-state index in [1.807, 2.05) is 22.6 Å². The van der Waals surface area contributed by atoms with E-state index in [4.69, 9.17) is 5.26 Å². The van der Waals surface area contributed by atoms with Crippen molar-refractivity contribution < 1.29 is 0 Å². The van der Waals surface area contributed by atoms with Gasteiger partial charge in [0.2, 0.25) is 0 Å². The molecule has 15 heavy (non-hydrogen) atoms. The zero-order valence-electron chi connectivity index (χ0n) is 9.36. The average Bonchev–Trinajstić information content (AvgIpc) is 2.57. The van der Waals surface area contributed by atoms with Crippen molar-refractivity contribution in [3.63, 3.8) is 0 Å². The summed E-state index contributed by atoms with van der Waals surface area (Å²) in [5.74, 6) is 2.17. The highest BCUT2D eigenvalue weighted by atomic mass is 32.2. The van der Waals surface area contributed by atoms with Crippen molar-refractivity contribution in [3.05, 3.63) is 17.5 Å². The monoisotopic (exact) mass is 223 g/mol. The number of nitrogens with zero attached hydrogens (tertiary/aromatic N) is 3. The Balaban J connectivity index is 2.49. The topological polar surface area (TPSA) is 41.6 Å². The molecule has 82 valence electrons. The molecule has 0 aliphatic carbocycles. The van der Waals surface area contributed by atoms with E-state index in [0.29, 0.717) is 13.0 Å². The van der Waals surface area contributed by atoms with Crippen LogP contribution in [0.5, 0.6) is 0 Å². The molecule has 0 atom stereocenters. The Labute approximate surface area is 95.5 Å². The van der Waals surface area contributed by atoms with Gasteiger partial charge >= 0.3 is 0 Å². The largest absolute Gasteiger partial charge is 0.271 e. The molecular formula is C11H17N3S. The number of nitriles is 1. The lowest BCUT2D eigenvalue weighted by atomic mass is 10.3. The Morgan fingerprint density at radius 2 is 2.40 bits per heavy atom. The van der Waals surface area contributed by atoms with Gasteiger partial charge in [-0.2, -0.15) is 22.1 Å². The lowest BCUT2D eigenvalue weighted by Gasteiger charge is -1.97. The van der Waals surface area contributed by atoms with Crippen LogP contribution in [0.15, 0.2) is 6.20 Å². The molecule has 1 rings (SSSR count). The van der Waals surface area contributed by atoms with Crippen LogP contribution in [0.25, 0.3) is 0 Å². The van der Waals surface area contributed by atoms with Gasteiger partial charge < -0.3 is 0 Å². The van der Waals surface area contributed by atoms with Gasteiger partial charge in [-0.25, -0.2) is 0 Å². The highest BCUT2D eigenvalue weighted by Crippen LogP contribution is 2.15. The van der Waals surface area contributed by atoms with E-state index in [0.717, 1.165) is 11.4 Å². The number of hydrogen-bond donors (Lipinski definition) is 0. The van der Waals surface area contributed by atoms with Gasteiger partial charge in [-0.3, -0.25) is 4.68 Å². The molecule has 0 saturated heterocycles. The summed E-state index contributed by atoms with van der Waals surface area (Å²) >= 11 is 1.92. The van der Waals surface area contributed by atoms with Gasteiger partial charge in [-0.1, -0.05) is 6.92 Å². The van der Waals surface area contributed by atoms with Gasteiger partial charge in [-0.05, 0) is 24.7 Å². The fourth-order valence-corrected chi connectivity index (χ4v) is 2.21. The summed E-state index contributed by atoms with van der Waals surface area (Å²) in [6.45, 7) is 4.97. The second-order valence-electron chi connectivity index (χ2n) is 3.48. The molecule has 0 aromatic carbocycles. The van der Waals surface area contributed by atoms with E-state index < -0.39 is 0 Å². The highest BCUT2D eigenvalue weighted by Gasteiger charge is 2.04. The van der Waals surface area contributed by atoms with E-state index in [2.05, 4.69) is 25.0 Å². The molecule has 0 aliphatic rings. The van der Waals surface area contributed by atoms with Crippen molar-refractivity contribution in [2.24, 2.45) is 0 Å². The Kier molecular flexibility index (Phi) is 5.27. The van der Waals surface area contributed by atoms with Gasteiger partial charge in [0.25, 0.3) is 0 Å². The zero-order chi connectivity index (χ0) is 11.1. The molecule has 0 spiro atoms. The van der Waals surface area contributed by atoms with Gasteiger partial charge in [0.15, 0.2) is 0 Å². The van der Waals surface area contributed by atoms with E-state index >= 15 is 0 Å². The van der Waals surface area contributed by atoms with Crippen LogP contribution in [0.1, 0.15) is 31.0 Å². The summed E-state index contributed by atoms with van der Waals surface area (Å²) in [6, 6.07) is 2.13. The fourth-order valence-electron chi connectivity index (χ4n) is 1.30. The van der Waals surface area contributed by atoms with Gasteiger partial charge in [-0.15, -0.1) is 0 Å². The van der Waals surface area contributed by atoms with E-state index in [-0.39, 0.29) is 0 Å². The third kappa shape index (κ3) is 3.96. The van der Waals surface area contributed by atoms with Gasteiger partial charge in [0.1, 0.15) is 0 Å². The van der Waals surface area contributed by atoms with Crippen LogP contribution in [0.4, 0.5) is 0 Å². The molecule has 4 heteroatoms. The molecule has 3 nitrogen and oxygen atoms in total. The third-order valence-electron chi connectivity index (χ3n) is 2.09. The molecular weight excluding hydrogens is 206 g/mol. The maximum atomic E-state index is 8.48. The summed E-state index contributed by atoms with van der Waals surface area (Å²) < 4.78 is 1.88. The minimum absolute atomic E-state index is 0.530.